The summed E-state index contributed by atoms with van der Waals surface area (Å²) in [6, 6.07) is -0.277. The Morgan fingerprint density at radius 3 is 2.55 bits per heavy atom. The molecule has 1 heterocycles. The van der Waals surface area contributed by atoms with E-state index in [0.29, 0.717) is 18.9 Å². The molecule has 0 aliphatic carbocycles. The molecule has 6 nitrogen and oxygen atoms in total. The minimum atomic E-state index is -0.899. The Bertz CT molecular complexity index is 349. The van der Waals surface area contributed by atoms with Crippen LogP contribution in [0.4, 0.5) is 4.79 Å². The van der Waals surface area contributed by atoms with E-state index in [1.54, 1.807) is 6.92 Å². The van der Waals surface area contributed by atoms with Gasteiger partial charge in [0.15, 0.2) is 0 Å². The highest BCUT2D eigenvalue weighted by Crippen LogP contribution is 2.19. The normalized spacial score (nSPS) is 22.2. The number of carbonyl (C=O) groups is 2. The Morgan fingerprint density at radius 1 is 1.35 bits per heavy atom. The fraction of sp³-hybridized carbons (Fsp3) is 0.857. The molecule has 0 radical (unpaired) electrons. The first-order valence-corrected chi connectivity index (χ1v) is 7.38. The fourth-order valence-electron chi connectivity index (χ4n) is 2.29. The zero-order valence-electron chi connectivity index (χ0n) is 12.7. The van der Waals surface area contributed by atoms with Gasteiger partial charge in [0.25, 0.3) is 0 Å². The van der Waals surface area contributed by atoms with E-state index in [0.717, 1.165) is 26.1 Å². The molecule has 0 bridgehead atoms. The summed E-state index contributed by atoms with van der Waals surface area (Å²) in [5.41, 5.74) is -0.899. The number of carboxylic acid groups (broad SMARTS) is 1. The van der Waals surface area contributed by atoms with Crippen molar-refractivity contribution in [2.45, 2.75) is 33.6 Å². The molecule has 1 rings (SSSR count). The second-order valence-corrected chi connectivity index (χ2v) is 5.83. The lowest BCUT2D eigenvalue weighted by molar-refractivity contribution is -0.147. The number of hydrogen-bond donors (Lipinski definition) is 3. The minimum absolute atomic E-state index is 0.149. The summed E-state index contributed by atoms with van der Waals surface area (Å²) < 4.78 is 0. The molecule has 20 heavy (non-hydrogen) atoms. The van der Waals surface area contributed by atoms with Gasteiger partial charge in [-0.1, -0.05) is 13.8 Å². The Hall–Kier alpha value is -1.30. The van der Waals surface area contributed by atoms with E-state index in [2.05, 4.69) is 22.5 Å². The maximum atomic E-state index is 11.7. The number of hydrogen-bond acceptors (Lipinski definition) is 3. The highest BCUT2D eigenvalue weighted by atomic mass is 16.4. The van der Waals surface area contributed by atoms with Gasteiger partial charge in [0, 0.05) is 19.6 Å². The van der Waals surface area contributed by atoms with Crippen LogP contribution in [0.3, 0.4) is 0 Å². The number of amides is 2. The molecule has 1 aliphatic rings. The maximum absolute atomic E-state index is 11.7. The summed E-state index contributed by atoms with van der Waals surface area (Å²) >= 11 is 0. The van der Waals surface area contributed by atoms with Gasteiger partial charge in [0.05, 0.1) is 5.41 Å². The zero-order valence-corrected chi connectivity index (χ0v) is 12.7. The number of urea groups is 1. The first-order valence-electron chi connectivity index (χ1n) is 7.38. The van der Waals surface area contributed by atoms with E-state index >= 15 is 0 Å². The lowest BCUT2D eigenvalue weighted by Crippen LogP contribution is -2.45. The van der Waals surface area contributed by atoms with Gasteiger partial charge < -0.3 is 20.6 Å². The monoisotopic (exact) mass is 285 g/mol. The van der Waals surface area contributed by atoms with Crippen molar-refractivity contribution in [1.82, 2.24) is 15.5 Å². The van der Waals surface area contributed by atoms with E-state index in [-0.39, 0.29) is 12.6 Å². The molecule has 2 atom stereocenters. The summed E-state index contributed by atoms with van der Waals surface area (Å²) in [7, 11) is 0. The molecule has 3 N–H and O–H groups in total. The molecular weight excluding hydrogens is 258 g/mol. The van der Waals surface area contributed by atoms with Crippen molar-refractivity contribution in [3.63, 3.8) is 0 Å². The summed E-state index contributed by atoms with van der Waals surface area (Å²) in [5.74, 6) is -0.382. The van der Waals surface area contributed by atoms with Gasteiger partial charge in [-0.25, -0.2) is 4.79 Å². The second kappa shape index (κ2) is 7.47. The van der Waals surface area contributed by atoms with Crippen LogP contribution in [0.1, 0.15) is 33.6 Å². The number of nitrogens with zero attached hydrogens (tertiary/aromatic N) is 1. The Balaban J connectivity index is 2.26. The van der Waals surface area contributed by atoms with Crippen LogP contribution in [0.2, 0.25) is 0 Å². The van der Waals surface area contributed by atoms with E-state index < -0.39 is 11.4 Å². The first kappa shape index (κ1) is 16.8. The molecule has 2 unspecified atom stereocenters. The van der Waals surface area contributed by atoms with Gasteiger partial charge in [-0.15, -0.1) is 0 Å². The van der Waals surface area contributed by atoms with Crippen LogP contribution in [0.15, 0.2) is 0 Å². The van der Waals surface area contributed by atoms with Crippen molar-refractivity contribution < 1.29 is 14.7 Å². The van der Waals surface area contributed by atoms with Crippen LogP contribution < -0.4 is 10.6 Å². The van der Waals surface area contributed by atoms with E-state index in [1.165, 1.54) is 0 Å². The van der Waals surface area contributed by atoms with E-state index in [9.17, 15) is 9.59 Å². The number of aliphatic carboxylic acids is 1. The SMILES string of the molecule is CCN1CCC(CNC(=O)NCC(C)(CC)C(=O)O)C1. The average molecular weight is 285 g/mol. The van der Waals surface area contributed by atoms with Gasteiger partial charge in [0.1, 0.15) is 0 Å². The quantitative estimate of drug-likeness (QED) is 0.655. The highest BCUT2D eigenvalue weighted by molar-refractivity contribution is 5.77. The summed E-state index contributed by atoms with van der Waals surface area (Å²) in [5, 5.41) is 14.6. The number of likely N-dealkylation sites (tertiary alicyclic amines) is 1. The van der Waals surface area contributed by atoms with Gasteiger partial charge in [0.2, 0.25) is 0 Å². The molecular formula is C14H27N3O3. The molecule has 2 amide bonds. The summed E-state index contributed by atoms with van der Waals surface area (Å²) in [6.45, 7) is 9.57. The topological polar surface area (TPSA) is 81.7 Å². The van der Waals surface area contributed by atoms with Crippen molar-refractivity contribution in [3.05, 3.63) is 0 Å². The molecule has 1 saturated heterocycles. The first-order chi connectivity index (χ1) is 9.41. The standard InChI is InChI=1S/C14H27N3O3/c1-4-14(3,12(18)19)10-16-13(20)15-8-11-6-7-17(5-2)9-11/h11H,4-10H2,1-3H3,(H,18,19)(H2,15,16,20). The number of nitrogens with one attached hydrogen (secondary N) is 2. The Kier molecular flexibility index (Phi) is 6.26. The third-order valence-corrected chi connectivity index (χ3v) is 4.30. The number of carboxylic acids is 1. The van der Waals surface area contributed by atoms with Crippen LogP contribution in [0, 0.1) is 11.3 Å². The van der Waals surface area contributed by atoms with Gasteiger partial charge >= 0.3 is 12.0 Å². The fourth-order valence-corrected chi connectivity index (χ4v) is 2.29. The van der Waals surface area contributed by atoms with E-state index in [4.69, 9.17) is 5.11 Å². The lowest BCUT2D eigenvalue weighted by Gasteiger charge is -2.23. The highest BCUT2D eigenvalue weighted by Gasteiger charge is 2.31. The molecule has 0 aromatic carbocycles. The Labute approximate surface area is 120 Å². The minimum Gasteiger partial charge on any atom is -0.481 e. The largest absolute Gasteiger partial charge is 0.481 e. The predicted molar refractivity (Wildman–Crippen MR) is 77.7 cm³/mol. The molecule has 6 heteroatoms. The molecule has 0 aromatic rings. The smallest absolute Gasteiger partial charge is 0.314 e. The zero-order chi connectivity index (χ0) is 15.2. The van der Waals surface area contributed by atoms with Crippen LogP contribution in [0.5, 0.6) is 0 Å². The Morgan fingerprint density at radius 2 is 2.05 bits per heavy atom. The number of rotatable bonds is 7. The van der Waals surface area contributed by atoms with Crippen molar-refractivity contribution in [1.29, 1.82) is 0 Å². The molecule has 0 saturated carbocycles. The third kappa shape index (κ3) is 4.67. The number of carbonyl (C=O) groups excluding carboxylic acids is 1. The molecule has 1 fully saturated rings. The van der Waals surface area contributed by atoms with Gasteiger partial charge in [-0.2, -0.15) is 0 Å². The van der Waals surface area contributed by atoms with Crippen molar-refractivity contribution in [2.24, 2.45) is 11.3 Å². The van der Waals surface area contributed by atoms with Crippen molar-refractivity contribution >= 4 is 12.0 Å². The van der Waals surface area contributed by atoms with Crippen molar-refractivity contribution in [3.8, 4) is 0 Å². The maximum Gasteiger partial charge on any atom is 0.314 e. The van der Waals surface area contributed by atoms with Gasteiger partial charge in [-0.05, 0) is 38.8 Å². The average Bonchev–Trinajstić information content (AvgIpc) is 2.90. The second-order valence-electron chi connectivity index (χ2n) is 5.83. The third-order valence-electron chi connectivity index (χ3n) is 4.30. The molecule has 116 valence electrons. The van der Waals surface area contributed by atoms with Crippen LogP contribution in [-0.2, 0) is 4.79 Å². The molecule has 0 aromatic heterocycles. The van der Waals surface area contributed by atoms with Crippen LogP contribution in [0.25, 0.3) is 0 Å². The van der Waals surface area contributed by atoms with Gasteiger partial charge in [-0.3, -0.25) is 4.79 Å². The van der Waals surface area contributed by atoms with Crippen molar-refractivity contribution in [2.75, 3.05) is 32.7 Å². The van der Waals surface area contributed by atoms with Crippen LogP contribution in [-0.4, -0.2) is 54.7 Å². The van der Waals surface area contributed by atoms with E-state index in [1.807, 2.05) is 6.92 Å². The van der Waals surface area contributed by atoms with Crippen LogP contribution >= 0.6 is 0 Å². The summed E-state index contributed by atoms with van der Waals surface area (Å²) in [6.07, 6.45) is 1.59. The molecule has 0 spiro atoms. The predicted octanol–water partition coefficient (Wildman–Crippen LogP) is 1.13. The molecule has 1 aliphatic heterocycles. The summed E-state index contributed by atoms with van der Waals surface area (Å²) in [4.78, 5) is 25.2. The lowest BCUT2D eigenvalue weighted by atomic mass is 9.88.